The maximum Gasteiger partial charge on any atom is 0.338 e. The molecule has 0 N–H and O–H groups in total. The molecule has 1 aliphatic rings. The maximum atomic E-state index is 12.6. The molecule has 0 aliphatic carbocycles. The molecular weight excluding hydrogens is 392 g/mol. The Labute approximate surface area is 170 Å². The Kier molecular flexibility index (Phi) is 6.22. The maximum absolute atomic E-state index is 12.6. The molecule has 154 valence electrons. The van der Waals surface area contributed by atoms with Gasteiger partial charge in [0.1, 0.15) is 0 Å². The highest BCUT2D eigenvalue weighted by Gasteiger charge is 2.29. The largest absolute Gasteiger partial charge is 0.452 e. The van der Waals surface area contributed by atoms with Crippen LogP contribution < -0.4 is 9.21 Å². The van der Waals surface area contributed by atoms with Gasteiger partial charge in [-0.3, -0.25) is 9.10 Å². The number of hydrogen-bond acceptors (Lipinski definition) is 5. The number of nitrogens with zero attached hydrogens (tertiary/aromatic N) is 2. The zero-order chi connectivity index (χ0) is 21.0. The minimum absolute atomic E-state index is 0.0979. The van der Waals surface area contributed by atoms with Crippen LogP contribution in [-0.2, 0) is 19.6 Å². The van der Waals surface area contributed by atoms with Crippen LogP contribution in [0.4, 0.5) is 11.4 Å². The highest BCUT2D eigenvalue weighted by atomic mass is 32.2. The van der Waals surface area contributed by atoms with E-state index in [0.29, 0.717) is 18.7 Å². The van der Waals surface area contributed by atoms with Gasteiger partial charge in [-0.05, 0) is 50.6 Å². The Morgan fingerprint density at radius 1 is 1.10 bits per heavy atom. The Hall–Kier alpha value is -2.87. The minimum atomic E-state index is -3.34. The summed E-state index contributed by atoms with van der Waals surface area (Å²) in [6, 6.07) is 15.3. The second-order valence-corrected chi connectivity index (χ2v) is 9.07. The van der Waals surface area contributed by atoms with E-state index in [0.717, 1.165) is 5.69 Å². The third-order valence-electron chi connectivity index (χ3n) is 4.62. The Morgan fingerprint density at radius 3 is 2.45 bits per heavy atom. The fourth-order valence-electron chi connectivity index (χ4n) is 3.32. The third kappa shape index (κ3) is 4.76. The van der Waals surface area contributed by atoms with E-state index in [1.54, 1.807) is 17.0 Å². The van der Waals surface area contributed by atoms with Crippen molar-refractivity contribution in [1.29, 1.82) is 0 Å². The minimum Gasteiger partial charge on any atom is -0.452 e. The molecule has 3 rings (SSSR count). The lowest BCUT2D eigenvalue weighted by Crippen LogP contribution is -2.39. The summed E-state index contributed by atoms with van der Waals surface area (Å²) >= 11 is 0. The summed E-state index contributed by atoms with van der Waals surface area (Å²) in [6.45, 7) is 3.75. The number of ether oxygens (including phenoxy) is 1. The lowest BCUT2D eigenvalue weighted by Gasteiger charge is -2.26. The van der Waals surface area contributed by atoms with Gasteiger partial charge in [-0.1, -0.05) is 24.3 Å². The zero-order valence-electron chi connectivity index (χ0n) is 16.4. The summed E-state index contributed by atoms with van der Waals surface area (Å²) in [7, 11) is -3.34. The number of benzene rings is 2. The number of rotatable bonds is 6. The number of amides is 1. The predicted octanol–water partition coefficient (Wildman–Crippen LogP) is 2.82. The first-order valence-electron chi connectivity index (χ1n) is 9.44. The van der Waals surface area contributed by atoms with Crippen LogP contribution in [0.2, 0.25) is 0 Å². The molecule has 0 spiro atoms. The van der Waals surface area contributed by atoms with Gasteiger partial charge >= 0.3 is 5.97 Å². The lowest BCUT2D eigenvalue weighted by molar-refractivity contribution is -0.122. The number of sulfonamides is 1. The molecule has 0 saturated carbocycles. The van der Waals surface area contributed by atoms with Crippen LogP contribution in [0.25, 0.3) is 0 Å². The van der Waals surface area contributed by atoms with Gasteiger partial charge in [-0.2, -0.15) is 0 Å². The first-order chi connectivity index (χ1) is 13.8. The van der Waals surface area contributed by atoms with Crippen molar-refractivity contribution in [2.75, 3.05) is 28.1 Å². The molecule has 0 unspecified atom stereocenters. The van der Waals surface area contributed by atoms with Crippen LogP contribution in [0.15, 0.2) is 54.6 Å². The van der Waals surface area contributed by atoms with Gasteiger partial charge < -0.3 is 9.64 Å². The SMILES string of the molecule is CC(C)N(C(=O)COC(=O)c1cccc(N2CCCS2(=O)=O)c1)c1ccccc1. The molecule has 7 nitrogen and oxygen atoms in total. The van der Waals surface area contributed by atoms with Gasteiger partial charge in [0.2, 0.25) is 10.0 Å². The summed E-state index contributed by atoms with van der Waals surface area (Å²) in [5.74, 6) is -0.910. The molecule has 8 heteroatoms. The molecule has 1 heterocycles. The first-order valence-corrected chi connectivity index (χ1v) is 11.1. The average Bonchev–Trinajstić information content (AvgIpc) is 3.06. The van der Waals surface area contributed by atoms with E-state index in [-0.39, 0.29) is 23.3 Å². The topological polar surface area (TPSA) is 84.0 Å². The van der Waals surface area contributed by atoms with Crippen LogP contribution in [-0.4, -0.2) is 45.2 Å². The van der Waals surface area contributed by atoms with Crippen LogP contribution >= 0.6 is 0 Å². The van der Waals surface area contributed by atoms with Gasteiger partial charge in [-0.25, -0.2) is 13.2 Å². The van der Waals surface area contributed by atoms with Crippen LogP contribution in [0, 0.1) is 0 Å². The number of anilines is 2. The van der Waals surface area contributed by atoms with E-state index in [9.17, 15) is 18.0 Å². The molecule has 0 radical (unpaired) electrons. The van der Waals surface area contributed by atoms with Crippen molar-refractivity contribution >= 4 is 33.3 Å². The van der Waals surface area contributed by atoms with Gasteiger partial charge in [0, 0.05) is 18.3 Å². The highest BCUT2D eigenvalue weighted by Crippen LogP contribution is 2.25. The number of para-hydroxylation sites is 1. The van der Waals surface area contributed by atoms with Crippen molar-refractivity contribution in [1.82, 2.24) is 0 Å². The van der Waals surface area contributed by atoms with E-state index < -0.39 is 22.6 Å². The molecule has 1 amide bonds. The molecule has 0 atom stereocenters. The molecule has 2 aromatic rings. The third-order valence-corrected chi connectivity index (χ3v) is 6.48. The molecule has 0 bridgehead atoms. The van der Waals surface area contributed by atoms with Gasteiger partial charge in [0.15, 0.2) is 6.61 Å². The lowest BCUT2D eigenvalue weighted by atomic mass is 10.2. The van der Waals surface area contributed by atoms with E-state index in [2.05, 4.69) is 0 Å². The average molecular weight is 416 g/mol. The van der Waals surface area contributed by atoms with Crippen molar-refractivity contribution in [2.24, 2.45) is 0 Å². The van der Waals surface area contributed by atoms with E-state index in [1.807, 2.05) is 44.2 Å². The molecule has 1 saturated heterocycles. The molecule has 2 aromatic carbocycles. The molecule has 1 aliphatic heterocycles. The molecule has 0 aromatic heterocycles. The summed E-state index contributed by atoms with van der Waals surface area (Å²) in [5.41, 5.74) is 1.36. The Morgan fingerprint density at radius 2 is 1.83 bits per heavy atom. The van der Waals surface area contributed by atoms with E-state index >= 15 is 0 Å². The second kappa shape index (κ2) is 8.65. The van der Waals surface area contributed by atoms with Crippen molar-refractivity contribution in [3.05, 3.63) is 60.2 Å². The van der Waals surface area contributed by atoms with Crippen molar-refractivity contribution in [3.8, 4) is 0 Å². The van der Waals surface area contributed by atoms with Gasteiger partial charge in [-0.15, -0.1) is 0 Å². The smallest absolute Gasteiger partial charge is 0.338 e. The van der Waals surface area contributed by atoms with E-state index in [4.69, 9.17) is 4.74 Å². The number of carbonyl (C=O) groups excluding carboxylic acids is 2. The second-order valence-electron chi connectivity index (χ2n) is 7.06. The van der Waals surface area contributed by atoms with Crippen LogP contribution in [0.1, 0.15) is 30.6 Å². The number of carbonyl (C=O) groups is 2. The van der Waals surface area contributed by atoms with Crippen molar-refractivity contribution in [3.63, 3.8) is 0 Å². The van der Waals surface area contributed by atoms with Crippen molar-refractivity contribution in [2.45, 2.75) is 26.3 Å². The normalized spacial score (nSPS) is 15.3. The van der Waals surface area contributed by atoms with Crippen LogP contribution in [0.5, 0.6) is 0 Å². The molecule has 29 heavy (non-hydrogen) atoms. The zero-order valence-corrected chi connectivity index (χ0v) is 17.3. The van der Waals surface area contributed by atoms with Crippen molar-refractivity contribution < 1.29 is 22.7 Å². The Balaban J connectivity index is 1.69. The summed E-state index contributed by atoms with van der Waals surface area (Å²) in [5, 5.41) is 0. The number of hydrogen-bond donors (Lipinski definition) is 0. The van der Waals surface area contributed by atoms with E-state index in [1.165, 1.54) is 16.4 Å². The van der Waals surface area contributed by atoms with Gasteiger partial charge in [0.05, 0.1) is 17.0 Å². The quantitative estimate of drug-likeness (QED) is 0.676. The molecular formula is C21H24N2O5S. The fraction of sp³-hybridized carbons (Fsp3) is 0.333. The highest BCUT2D eigenvalue weighted by molar-refractivity contribution is 7.93. The summed E-state index contributed by atoms with van der Waals surface area (Å²) < 4.78 is 30.7. The number of esters is 1. The molecule has 1 fully saturated rings. The Bertz CT molecular complexity index is 989. The monoisotopic (exact) mass is 416 g/mol. The van der Waals surface area contributed by atoms with Crippen LogP contribution in [0.3, 0.4) is 0 Å². The summed E-state index contributed by atoms with van der Waals surface area (Å²) in [4.78, 5) is 26.7. The van der Waals surface area contributed by atoms with Gasteiger partial charge in [0.25, 0.3) is 5.91 Å². The fourth-order valence-corrected chi connectivity index (χ4v) is 4.87. The summed E-state index contributed by atoms with van der Waals surface area (Å²) in [6.07, 6.45) is 0.552. The standard InChI is InChI=1S/C21H24N2O5S/c1-16(2)23(18-9-4-3-5-10-18)20(24)15-28-21(25)17-8-6-11-19(14-17)22-12-7-13-29(22,26)27/h3-6,8-11,14,16H,7,12-13,15H2,1-2H3. The predicted molar refractivity (Wildman–Crippen MR) is 112 cm³/mol. The first kappa shape index (κ1) is 20.9.